The van der Waals surface area contributed by atoms with Crippen molar-refractivity contribution in [3.05, 3.63) is 47.7 Å². The van der Waals surface area contributed by atoms with Crippen LogP contribution in [0.15, 0.2) is 36.6 Å². The molecule has 0 amide bonds. The minimum absolute atomic E-state index is 0.204. The lowest BCUT2D eigenvalue weighted by Gasteiger charge is -2.17. The van der Waals surface area contributed by atoms with E-state index in [4.69, 9.17) is 4.74 Å². The number of rotatable bonds is 1. The maximum absolute atomic E-state index is 12.6. The first-order valence-corrected chi connectivity index (χ1v) is 4.55. The van der Waals surface area contributed by atoms with Crippen LogP contribution in [0.1, 0.15) is 23.7 Å². The van der Waals surface area contributed by atoms with E-state index in [2.05, 4.69) is 0 Å². The Balaban J connectivity index is 2.38. The fourth-order valence-electron chi connectivity index (χ4n) is 1.62. The van der Waals surface area contributed by atoms with Gasteiger partial charge in [0.15, 0.2) is 0 Å². The van der Waals surface area contributed by atoms with Gasteiger partial charge in [0.25, 0.3) is 0 Å². The summed E-state index contributed by atoms with van der Waals surface area (Å²) in [6.07, 6.45) is -1.16. The highest BCUT2D eigenvalue weighted by Crippen LogP contribution is 2.37. The van der Waals surface area contributed by atoms with Gasteiger partial charge in [-0.2, -0.15) is 13.2 Å². The molecule has 0 aliphatic carbocycles. The van der Waals surface area contributed by atoms with Gasteiger partial charge in [-0.25, -0.2) is 0 Å². The average molecular weight is 214 g/mol. The molecule has 0 N–H and O–H groups in total. The Bertz CT molecular complexity index is 374. The third kappa shape index (κ3) is 1.98. The molecule has 0 radical (unpaired) electrons. The fourth-order valence-corrected chi connectivity index (χ4v) is 1.62. The van der Waals surface area contributed by atoms with Crippen LogP contribution in [0.4, 0.5) is 13.2 Å². The van der Waals surface area contributed by atoms with Crippen LogP contribution >= 0.6 is 0 Å². The largest absolute Gasteiger partial charge is 0.493 e. The first-order valence-electron chi connectivity index (χ1n) is 4.55. The van der Waals surface area contributed by atoms with E-state index < -0.39 is 17.8 Å². The zero-order chi connectivity index (χ0) is 10.9. The highest BCUT2D eigenvalue weighted by atomic mass is 19.4. The second-order valence-corrected chi connectivity index (χ2v) is 3.32. The molecule has 0 saturated heterocycles. The topological polar surface area (TPSA) is 9.23 Å². The molecule has 1 aliphatic heterocycles. The summed E-state index contributed by atoms with van der Waals surface area (Å²) in [7, 11) is 0. The van der Waals surface area contributed by atoms with E-state index in [-0.39, 0.29) is 5.56 Å². The third-order valence-electron chi connectivity index (χ3n) is 2.30. The van der Waals surface area contributed by atoms with Crippen LogP contribution in [-0.4, -0.2) is 0 Å². The van der Waals surface area contributed by atoms with Gasteiger partial charge in [0, 0.05) is 12.0 Å². The Morgan fingerprint density at radius 1 is 1.20 bits per heavy atom. The molecule has 0 fully saturated rings. The average Bonchev–Trinajstić information content (AvgIpc) is 2.69. The predicted molar refractivity (Wildman–Crippen MR) is 49.0 cm³/mol. The normalized spacial score (nSPS) is 20.3. The molecular weight excluding hydrogens is 205 g/mol. The van der Waals surface area contributed by atoms with Crippen LogP contribution in [0, 0.1) is 0 Å². The van der Waals surface area contributed by atoms with Crippen LogP contribution in [0.5, 0.6) is 0 Å². The molecule has 80 valence electrons. The Labute approximate surface area is 85.2 Å². The first kappa shape index (κ1) is 10.1. The second-order valence-electron chi connectivity index (χ2n) is 3.32. The second kappa shape index (κ2) is 3.61. The molecule has 2 rings (SSSR count). The van der Waals surface area contributed by atoms with Crippen molar-refractivity contribution in [2.24, 2.45) is 0 Å². The highest BCUT2D eigenvalue weighted by Gasteiger charge is 2.35. The van der Waals surface area contributed by atoms with E-state index in [0.717, 1.165) is 6.07 Å². The molecule has 0 aromatic heterocycles. The van der Waals surface area contributed by atoms with E-state index in [0.29, 0.717) is 6.42 Å². The molecule has 1 unspecified atom stereocenters. The van der Waals surface area contributed by atoms with Crippen LogP contribution < -0.4 is 0 Å². The molecule has 0 saturated carbocycles. The van der Waals surface area contributed by atoms with E-state index in [1.165, 1.54) is 18.4 Å². The Morgan fingerprint density at radius 3 is 2.53 bits per heavy atom. The van der Waals surface area contributed by atoms with Gasteiger partial charge >= 0.3 is 6.18 Å². The van der Waals surface area contributed by atoms with Gasteiger partial charge in [0.05, 0.1) is 11.8 Å². The molecule has 0 spiro atoms. The third-order valence-corrected chi connectivity index (χ3v) is 2.30. The van der Waals surface area contributed by atoms with Gasteiger partial charge in [0.1, 0.15) is 6.10 Å². The smallest absolute Gasteiger partial charge is 0.416 e. The summed E-state index contributed by atoms with van der Waals surface area (Å²) < 4.78 is 43.0. The van der Waals surface area contributed by atoms with Gasteiger partial charge in [-0.05, 0) is 12.1 Å². The molecular formula is C11H9F3O. The summed E-state index contributed by atoms with van der Waals surface area (Å²) in [5.74, 6) is 0. The van der Waals surface area contributed by atoms with Gasteiger partial charge in [0.2, 0.25) is 0 Å². The predicted octanol–water partition coefficient (Wildman–Crippen LogP) is 3.68. The molecule has 1 heterocycles. The molecule has 1 aliphatic rings. The first-order chi connectivity index (χ1) is 7.09. The van der Waals surface area contributed by atoms with Crippen molar-refractivity contribution < 1.29 is 17.9 Å². The van der Waals surface area contributed by atoms with Crippen LogP contribution in [0.25, 0.3) is 0 Å². The van der Waals surface area contributed by atoms with E-state index in [1.807, 2.05) is 0 Å². The highest BCUT2D eigenvalue weighted by molar-refractivity contribution is 5.32. The number of alkyl halides is 3. The lowest BCUT2D eigenvalue weighted by molar-refractivity contribution is -0.139. The quantitative estimate of drug-likeness (QED) is 0.692. The maximum atomic E-state index is 12.6. The zero-order valence-electron chi connectivity index (χ0n) is 7.79. The standard InChI is InChI=1S/C11H9F3O/c12-11(13,14)9-5-2-1-4-8(9)10-6-3-7-15-10/h1-5,7,10H,6H2. The SMILES string of the molecule is FC(F)(F)c1ccccc1C1CC=CO1. The molecule has 1 nitrogen and oxygen atoms in total. The van der Waals surface area contributed by atoms with E-state index in [9.17, 15) is 13.2 Å². The van der Waals surface area contributed by atoms with Crippen molar-refractivity contribution in [1.29, 1.82) is 0 Å². The Hall–Kier alpha value is -1.45. The Kier molecular flexibility index (Phi) is 2.42. The monoisotopic (exact) mass is 214 g/mol. The van der Waals surface area contributed by atoms with E-state index in [1.54, 1.807) is 12.1 Å². The minimum atomic E-state index is -4.32. The molecule has 1 atom stereocenters. The van der Waals surface area contributed by atoms with Crippen molar-refractivity contribution >= 4 is 0 Å². The molecule has 4 heteroatoms. The molecule has 15 heavy (non-hydrogen) atoms. The molecule has 1 aromatic rings. The van der Waals surface area contributed by atoms with Crippen molar-refractivity contribution in [3.8, 4) is 0 Å². The number of benzene rings is 1. The van der Waals surface area contributed by atoms with Gasteiger partial charge in [-0.3, -0.25) is 0 Å². The summed E-state index contributed by atoms with van der Waals surface area (Å²) in [4.78, 5) is 0. The van der Waals surface area contributed by atoms with Crippen molar-refractivity contribution in [2.45, 2.75) is 18.7 Å². The van der Waals surface area contributed by atoms with Gasteiger partial charge in [-0.1, -0.05) is 18.2 Å². The maximum Gasteiger partial charge on any atom is 0.416 e. The molecule has 1 aromatic carbocycles. The summed E-state index contributed by atoms with van der Waals surface area (Å²) in [6, 6.07) is 5.51. The number of ether oxygens (including phenoxy) is 1. The van der Waals surface area contributed by atoms with Crippen LogP contribution in [0.2, 0.25) is 0 Å². The fraction of sp³-hybridized carbons (Fsp3) is 0.273. The minimum Gasteiger partial charge on any atom is -0.493 e. The number of hydrogen-bond donors (Lipinski definition) is 0. The summed E-state index contributed by atoms with van der Waals surface area (Å²) in [5.41, 5.74) is -0.409. The van der Waals surface area contributed by atoms with Crippen LogP contribution in [0.3, 0.4) is 0 Å². The zero-order valence-corrected chi connectivity index (χ0v) is 7.79. The molecule has 0 bridgehead atoms. The summed E-state index contributed by atoms with van der Waals surface area (Å²) in [6.45, 7) is 0. The lowest BCUT2D eigenvalue weighted by atomic mass is 10.0. The number of hydrogen-bond acceptors (Lipinski definition) is 1. The number of halogens is 3. The van der Waals surface area contributed by atoms with Crippen molar-refractivity contribution in [2.75, 3.05) is 0 Å². The van der Waals surface area contributed by atoms with Gasteiger partial charge in [-0.15, -0.1) is 0 Å². The lowest BCUT2D eigenvalue weighted by Crippen LogP contribution is -2.11. The van der Waals surface area contributed by atoms with Crippen molar-refractivity contribution in [1.82, 2.24) is 0 Å². The summed E-state index contributed by atoms with van der Waals surface area (Å²) >= 11 is 0. The Morgan fingerprint density at radius 2 is 1.93 bits per heavy atom. The van der Waals surface area contributed by atoms with E-state index >= 15 is 0 Å². The van der Waals surface area contributed by atoms with Crippen LogP contribution in [-0.2, 0) is 10.9 Å². The summed E-state index contributed by atoms with van der Waals surface area (Å²) in [5, 5.41) is 0. The van der Waals surface area contributed by atoms with Crippen molar-refractivity contribution in [3.63, 3.8) is 0 Å². The van der Waals surface area contributed by atoms with Gasteiger partial charge < -0.3 is 4.74 Å².